The number of imidazole rings is 1. The van der Waals surface area contributed by atoms with Gasteiger partial charge in [0.15, 0.2) is 4.77 Å². The van der Waals surface area contributed by atoms with Gasteiger partial charge in [-0.05, 0) is 37.3 Å². The van der Waals surface area contributed by atoms with Crippen LogP contribution in [-0.2, 0) is 13.0 Å². The fourth-order valence-electron chi connectivity index (χ4n) is 2.38. The molecule has 1 atom stereocenters. The number of para-hydroxylation sites is 1. The molecule has 4 heteroatoms. The van der Waals surface area contributed by atoms with Gasteiger partial charge < -0.3 is 14.9 Å². The number of H-pyrrole nitrogens is 1. The first-order valence-electron chi connectivity index (χ1n) is 5.17. The van der Waals surface area contributed by atoms with Crippen LogP contribution < -0.4 is 5.32 Å². The van der Waals surface area contributed by atoms with E-state index in [0.717, 1.165) is 23.3 Å². The molecule has 0 radical (unpaired) electrons. The van der Waals surface area contributed by atoms with Crippen LogP contribution >= 0.6 is 12.2 Å². The van der Waals surface area contributed by atoms with Crippen LogP contribution in [0.15, 0.2) is 18.2 Å². The molecule has 0 fully saturated rings. The Morgan fingerprint density at radius 3 is 3.06 bits per heavy atom. The summed E-state index contributed by atoms with van der Waals surface area (Å²) in [4.78, 5) is 3.25. The lowest BCUT2D eigenvalue weighted by atomic mass is 10.0. The largest absolute Gasteiger partial charge is 0.331 e. The minimum Gasteiger partial charge on any atom is -0.331 e. The first-order chi connectivity index (χ1) is 7.29. The number of aromatic amines is 1. The topological polar surface area (TPSA) is 32.8 Å². The Bertz CT molecular complexity index is 567. The van der Waals surface area contributed by atoms with Crippen molar-refractivity contribution in [2.24, 2.45) is 0 Å². The summed E-state index contributed by atoms with van der Waals surface area (Å²) in [6.45, 7) is 0.965. The molecule has 2 heterocycles. The molecule has 16 heavy (non-hydrogen) atoms. The van der Waals surface area contributed by atoms with Gasteiger partial charge in [0.05, 0.1) is 11.0 Å². The predicted octanol–water partition coefficient (Wildman–Crippen LogP) is 2.48. The second kappa shape index (κ2) is 4.03. The quantitative estimate of drug-likeness (QED) is 0.744. The van der Waals surface area contributed by atoms with Crippen LogP contribution in [0.1, 0.15) is 13.0 Å². The third-order valence-electron chi connectivity index (χ3n) is 3.15. The Morgan fingerprint density at radius 2 is 2.31 bits per heavy atom. The number of hydrogen-bond acceptors (Lipinski definition) is 2. The first kappa shape index (κ1) is 11.4. The predicted molar refractivity (Wildman–Crippen MR) is 70.4 cm³/mol. The molecular weight excluding hydrogens is 218 g/mol. The van der Waals surface area contributed by atoms with Gasteiger partial charge in [-0.15, -0.1) is 0 Å². The molecule has 3 nitrogen and oxygen atoms in total. The number of nitrogens with one attached hydrogen (secondary N) is 2. The highest BCUT2D eigenvalue weighted by atomic mass is 32.1. The van der Waals surface area contributed by atoms with Crippen LogP contribution in [0.25, 0.3) is 11.0 Å². The van der Waals surface area contributed by atoms with Crippen LogP contribution in [0, 0.1) is 4.77 Å². The molecule has 1 aliphatic rings. The number of benzene rings is 1. The molecule has 2 N–H and O–H groups in total. The van der Waals surface area contributed by atoms with E-state index in [9.17, 15) is 0 Å². The van der Waals surface area contributed by atoms with Crippen molar-refractivity contribution in [1.82, 2.24) is 14.9 Å². The maximum Gasteiger partial charge on any atom is 0.178 e. The van der Waals surface area contributed by atoms with Crippen molar-refractivity contribution in [3.05, 3.63) is 28.5 Å². The minimum atomic E-state index is 0. The molecule has 1 aliphatic heterocycles. The van der Waals surface area contributed by atoms with Crippen LogP contribution in [0.4, 0.5) is 0 Å². The fraction of sp³-hybridized carbons (Fsp3) is 0.417. The summed E-state index contributed by atoms with van der Waals surface area (Å²) in [5.41, 5.74) is 3.83. The van der Waals surface area contributed by atoms with E-state index in [0.29, 0.717) is 6.04 Å². The molecule has 0 spiro atoms. The number of nitrogens with zero attached hydrogens (tertiary/aromatic N) is 1. The van der Waals surface area contributed by atoms with Crippen LogP contribution in [0.2, 0.25) is 0 Å². The lowest BCUT2D eigenvalue weighted by molar-refractivity contribution is 0.467. The van der Waals surface area contributed by atoms with E-state index in [1.807, 2.05) is 7.05 Å². The average Bonchev–Trinajstić information content (AvgIpc) is 2.58. The zero-order valence-corrected chi connectivity index (χ0v) is 9.40. The summed E-state index contributed by atoms with van der Waals surface area (Å²) < 4.78 is 3.03. The molecule has 0 saturated heterocycles. The highest BCUT2D eigenvalue weighted by Crippen LogP contribution is 2.24. The van der Waals surface area contributed by atoms with Crippen molar-refractivity contribution in [3.8, 4) is 0 Å². The van der Waals surface area contributed by atoms with E-state index in [1.54, 1.807) is 0 Å². The van der Waals surface area contributed by atoms with Gasteiger partial charge in [-0.1, -0.05) is 19.6 Å². The second-order valence-electron chi connectivity index (χ2n) is 4.04. The van der Waals surface area contributed by atoms with Crippen molar-refractivity contribution < 1.29 is 0 Å². The Morgan fingerprint density at radius 1 is 1.50 bits per heavy atom. The summed E-state index contributed by atoms with van der Waals surface area (Å²) in [5.74, 6) is 0. The summed E-state index contributed by atoms with van der Waals surface area (Å²) in [6, 6.07) is 6.85. The van der Waals surface area contributed by atoms with E-state index in [1.165, 1.54) is 11.1 Å². The third-order valence-corrected chi connectivity index (χ3v) is 3.48. The molecule has 86 valence electrons. The minimum absolute atomic E-state index is 0. The third kappa shape index (κ3) is 1.49. The monoisotopic (exact) mass is 235 g/mol. The molecule has 0 unspecified atom stereocenters. The van der Waals surface area contributed by atoms with Crippen LogP contribution in [0.3, 0.4) is 0 Å². The maximum atomic E-state index is 5.33. The van der Waals surface area contributed by atoms with E-state index in [2.05, 4.69) is 33.1 Å². The van der Waals surface area contributed by atoms with Gasteiger partial charge in [0.2, 0.25) is 0 Å². The van der Waals surface area contributed by atoms with Gasteiger partial charge in [-0.3, -0.25) is 0 Å². The molecule has 0 aliphatic carbocycles. The summed E-state index contributed by atoms with van der Waals surface area (Å²) >= 11 is 5.33. The van der Waals surface area contributed by atoms with Gasteiger partial charge in [0.1, 0.15) is 0 Å². The van der Waals surface area contributed by atoms with Crippen molar-refractivity contribution in [2.75, 3.05) is 7.05 Å². The zero-order chi connectivity index (χ0) is 10.4. The number of hydrogen-bond donors (Lipinski definition) is 2. The van der Waals surface area contributed by atoms with Gasteiger partial charge in [-0.25, -0.2) is 0 Å². The smallest absolute Gasteiger partial charge is 0.178 e. The number of aromatic nitrogens is 2. The van der Waals surface area contributed by atoms with Crippen LogP contribution in [0.5, 0.6) is 0 Å². The SMILES string of the molecule is C.CN[C@@H]1Cc2cccc3[nH]c(=S)n(c23)C1. The number of likely N-dealkylation sites (N-methyl/N-ethyl adjacent to an activating group) is 1. The first-order valence-corrected chi connectivity index (χ1v) is 5.58. The van der Waals surface area contributed by atoms with Crippen molar-refractivity contribution in [3.63, 3.8) is 0 Å². The molecular formula is C12H17N3S. The Kier molecular flexibility index (Phi) is 2.86. The van der Waals surface area contributed by atoms with Crippen LogP contribution in [-0.4, -0.2) is 22.6 Å². The summed E-state index contributed by atoms with van der Waals surface area (Å²) in [6.07, 6.45) is 1.08. The molecule has 3 rings (SSSR count). The fourth-order valence-corrected chi connectivity index (χ4v) is 2.65. The lowest BCUT2D eigenvalue weighted by Gasteiger charge is -2.23. The highest BCUT2D eigenvalue weighted by molar-refractivity contribution is 7.71. The lowest BCUT2D eigenvalue weighted by Crippen LogP contribution is -2.35. The zero-order valence-electron chi connectivity index (χ0n) is 8.58. The molecule has 1 aromatic carbocycles. The summed E-state index contributed by atoms with van der Waals surface area (Å²) in [7, 11) is 2.01. The average molecular weight is 235 g/mol. The maximum absolute atomic E-state index is 5.33. The van der Waals surface area contributed by atoms with Crippen molar-refractivity contribution in [2.45, 2.75) is 26.4 Å². The van der Waals surface area contributed by atoms with Gasteiger partial charge in [0.25, 0.3) is 0 Å². The molecule has 0 saturated carbocycles. The van der Waals surface area contributed by atoms with Gasteiger partial charge >= 0.3 is 0 Å². The summed E-state index contributed by atoms with van der Waals surface area (Å²) in [5, 5.41) is 3.32. The van der Waals surface area contributed by atoms with Gasteiger partial charge in [-0.2, -0.15) is 0 Å². The van der Waals surface area contributed by atoms with E-state index in [-0.39, 0.29) is 7.43 Å². The molecule has 0 bridgehead atoms. The molecule has 1 aromatic heterocycles. The van der Waals surface area contributed by atoms with Crippen molar-refractivity contribution in [1.29, 1.82) is 0 Å². The van der Waals surface area contributed by atoms with E-state index < -0.39 is 0 Å². The normalized spacial score (nSPS) is 18.4. The molecule has 2 aromatic rings. The standard InChI is InChI=1S/C11H13N3S.CH4/c1-12-8-5-7-3-2-4-9-10(7)14(6-8)11(15)13-9;/h2-4,8,12H,5-6H2,1H3,(H,13,15);1H4/t8-;/m1./s1. The highest BCUT2D eigenvalue weighted by Gasteiger charge is 2.20. The van der Waals surface area contributed by atoms with Gasteiger partial charge in [0, 0.05) is 12.6 Å². The Labute approximate surface area is 100 Å². The Balaban J connectivity index is 0.000000963. The van der Waals surface area contributed by atoms with Crippen molar-refractivity contribution >= 4 is 23.3 Å². The molecule has 0 amide bonds. The second-order valence-corrected chi connectivity index (χ2v) is 4.43. The van der Waals surface area contributed by atoms with E-state index >= 15 is 0 Å². The Hall–Kier alpha value is -1.13. The number of rotatable bonds is 1. The van der Waals surface area contributed by atoms with E-state index in [4.69, 9.17) is 12.2 Å².